The minimum absolute atomic E-state index is 0.557. The Morgan fingerprint density at radius 2 is 1.94 bits per heavy atom. The van der Waals surface area contributed by atoms with Gasteiger partial charge in [-0.05, 0) is 36.0 Å². The second-order valence-electron chi connectivity index (χ2n) is 4.86. The summed E-state index contributed by atoms with van der Waals surface area (Å²) in [4.78, 5) is 0.899. The monoisotopic (exact) mass is 278 g/mol. The van der Waals surface area contributed by atoms with Crippen LogP contribution in [0.25, 0.3) is 0 Å². The SMILES string of the molecule is OC(c1ccc(C2CCC2)cc1)c1cc(Cl)cs1. The minimum Gasteiger partial charge on any atom is -0.383 e. The van der Waals surface area contributed by atoms with Gasteiger partial charge in [0.1, 0.15) is 6.10 Å². The number of halogens is 1. The Morgan fingerprint density at radius 3 is 2.44 bits per heavy atom. The Kier molecular flexibility index (Phi) is 3.42. The van der Waals surface area contributed by atoms with Crippen molar-refractivity contribution >= 4 is 22.9 Å². The van der Waals surface area contributed by atoms with Crippen LogP contribution in [-0.4, -0.2) is 5.11 Å². The lowest BCUT2D eigenvalue weighted by Gasteiger charge is -2.26. The highest BCUT2D eigenvalue weighted by Crippen LogP contribution is 2.37. The number of aliphatic hydroxyl groups is 1. The maximum Gasteiger partial charge on any atom is 0.113 e. The van der Waals surface area contributed by atoms with Gasteiger partial charge in [-0.15, -0.1) is 11.3 Å². The Balaban J connectivity index is 1.79. The van der Waals surface area contributed by atoms with E-state index in [1.807, 2.05) is 23.6 Å². The van der Waals surface area contributed by atoms with E-state index >= 15 is 0 Å². The van der Waals surface area contributed by atoms with Crippen molar-refractivity contribution in [1.82, 2.24) is 0 Å². The van der Waals surface area contributed by atoms with Gasteiger partial charge in [-0.1, -0.05) is 42.3 Å². The molecule has 1 heterocycles. The van der Waals surface area contributed by atoms with Crippen molar-refractivity contribution in [2.45, 2.75) is 31.3 Å². The summed E-state index contributed by atoms with van der Waals surface area (Å²) in [5.41, 5.74) is 2.35. The predicted molar refractivity (Wildman–Crippen MR) is 76.4 cm³/mol. The van der Waals surface area contributed by atoms with E-state index in [2.05, 4.69) is 12.1 Å². The molecule has 1 fully saturated rings. The quantitative estimate of drug-likeness (QED) is 0.859. The summed E-state index contributed by atoms with van der Waals surface area (Å²) in [7, 11) is 0. The van der Waals surface area contributed by atoms with E-state index in [1.165, 1.54) is 36.2 Å². The van der Waals surface area contributed by atoms with Gasteiger partial charge in [-0.25, -0.2) is 0 Å². The zero-order chi connectivity index (χ0) is 12.5. The summed E-state index contributed by atoms with van der Waals surface area (Å²) < 4.78 is 0. The molecule has 2 aromatic rings. The van der Waals surface area contributed by atoms with Crippen molar-refractivity contribution in [2.75, 3.05) is 0 Å². The van der Waals surface area contributed by atoms with E-state index < -0.39 is 6.10 Å². The molecule has 1 aromatic carbocycles. The number of rotatable bonds is 3. The Labute approximate surface area is 116 Å². The number of hydrogen-bond acceptors (Lipinski definition) is 2. The van der Waals surface area contributed by atoms with Gasteiger partial charge >= 0.3 is 0 Å². The molecule has 0 spiro atoms. The highest BCUT2D eigenvalue weighted by atomic mass is 35.5. The molecule has 0 saturated heterocycles. The zero-order valence-corrected chi connectivity index (χ0v) is 11.5. The molecule has 0 bridgehead atoms. The van der Waals surface area contributed by atoms with Crippen LogP contribution in [0, 0.1) is 0 Å². The van der Waals surface area contributed by atoms with Crippen LogP contribution in [0.3, 0.4) is 0 Å². The van der Waals surface area contributed by atoms with Gasteiger partial charge in [-0.2, -0.15) is 0 Å². The Hall–Kier alpha value is -0.830. The maximum atomic E-state index is 10.3. The molecule has 1 N–H and O–H groups in total. The first kappa shape index (κ1) is 12.2. The van der Waals surface area contributed by atoms with Crippen LogP contribution in [0.5, 0.6) is 0 Å². The third-order valence-corrected chi connectivity index (χ3v) is 5.02. The van der Waals surface area contributed by atoms with Crippen LogP contribution in [0.1, 0.15) is 47.3 Å². The summed E-state index contributed by atoms with van der Waals surface area (Å²) in [5.74, 6) is 0.743. The lowest BCUT2D eigenvalue weighted by molar-refractivity contribution is 0.224. The lowest BCUT2D eigenvalue weighted by Crippen LogP contribution is -2.08. The largest absolute Gasteiger partial charge is 0.383 e. The number of hydrogen-bond donors (Lipinski definition) is 1. The van der Waals surface area contributed by atoms with Crippen LogP contribution in [0.4, 0.5) is 0 Å². The van der Waals surface area contributed by atoms with Crippen molar-refractivity contribution in [3.8, 4) is 0 Å². The van der Waals surface area contributed by atoms with Crippen LogP contribution in [0.15, 0.2) is 35.7 Å². The smallest absolute Gasteiger partial charge is 0.113 e. The fourth-order valence-corrected chi connectivity index (χ4v) is 3.42. The van der Waals surface area contributed by atoms with Crippen molar-refractivity contribution in [3.05, 3.63) is 56.7 Å². The van der Waals surface area contributed by atoms with E-state index in [1.54, 1.807) is 0 Å². The van der Waals surface area contributed by atoms with E-state index in [4.69, 9.17) is 11.6 Å². The molecule has 1 saturated carbocycles. The molecule has 1 nitrogen and oxygen atoms in total. The third-order valence-electron chi connectivity index (χ3n) is 3.69. The Bertz CT molecular complexity index is 528. The molecule has 1 aliphatic rings. The first-order chi connectivity index (χ1) is 8.74. The number of aliphatic hydroxyl groups excluding tert-OH is 1. The average Bonchev–Trinajstić information content (AvgIpc) is 2.74. The lowest BCUT2D eigenvalue weighted by atomic mass is 9.80. The van der Waals surface area contributed by atoms with Crippen molar-refractivity contribution < 1.29 is 5.11 Å². The van der Waals surface area contributed by atoms with Crippen LogP contribution in [0.2, 0.25) is 5.02 Å². The molecule has 1 aromatic heterocycles. The standard InChI is InChI=1S/C15H15ClOS/c16-13-8-14(18-9-13)15(17)12-6-4-11(5-7-12)10-2-1-3-10/h4-10,15,17H,1-3H2. The fourth-order valence-electron chi connectivity index (χ4n) is 2.33. The van der Waals surface area contributed by atoms with Crippen LogP contribution >= 0.6 is 22.9 Å². The van der Waals surface area contributed by atoms with E-state index in [-0.39, 0.29) is 0 Å². The van der Waals surface area contributed by atoms with Crippen molar-refractivity contribution in [3.63, 3.8) is 0 Å². The first-order valence-electron chi connectivity index (χ1n) is 6.26. The van der Waals surface area contributed by atoms with Gasteiger partial charge in [0.15, 0.2) is 0 Å². The number of thiophene rings is 1. The molecule has 3 rings (SSSR count). The zero-order valence-electron chi connectivity index (χ0n) is 9.97. The second-order valence-corrected chi connectivity index (χ2v) is 6.24. The average molecular weight is 279 g/mol. The molecule has 1 atom stereocenters. The van der Waals surface area contributed by atoms with E-state index in [0.29, 0.717) is 5.02 Å². The maximum absolute atomic E-state index is 10.3. The summed E-state index contributed by atoms with van der Waals surface area (Å²) in [6.07, 6.45) is 3.41. The van der Waals surface area contributed by atoms with Crippen LogP contribution in [-0.2, 0) is 0 Å². The highest BCUT2D eigenvalue weighted by Gasteiger charge is 2.20. The van der Waals surface area contributed by atoms with Gasteiger partial charge in [0.25, 0.3) is 0 Å². The van der Waals surface area contributed by atoms with Crippen molar-refractivity contribution in [1.29, 1.82) is 0 Å². The highest BCUT2D eigenvalue weighted by molar-refractivity contribution is 7.10. The van der Waals surface area contributed by atoms with Gasteiger partial charge in [0.2, 0.25) is 0 Å². The molecule has 0 amide bonds. The fraction of sp³-hybridized carbons (Fsp3) is 0.333. The predicted octanol–water partition coefficient (Wildman–Crippen LogP) is 4.75. The third kappa shape index (κ3) is 2.33. The molecular weight excluding hydrogens is 264 g/mol. The molecule has 0 radical (unpaired) electrons. The van der Waals surface area contributed by atoms with Crippen molar-refractivity contribution in [2.24, 2.45) is 0 Å². The van der Waals surface area contributed by atoms with Gasteiger partial charge in [-0.3, -0.25) is 0 Å². The minimum atomic E-state index is -0.557. The summed E-state index contributed by atoms with van der Waals surface area (Å²) in [6.45, 7) is 0. The molecule has 1 unspecified atom stereocenters. The molecule has 18 heavy (non-hydrogen) atoms. The molecular formula is C15H15ClOS. The summed E-state index contributed by atoms with van der Waals surface area (Å²) in [6, 6.07) is 10.2. The molecule has 1 aliphatic carbocycles. The summed E-state index contributed by atoms with van der Waals surface area (Å²) in [5, 5.41) is 12.8. The molecule has 0 aliphatic heterocycles. The molecule has 3 heteroatoms. The second kappa shape index (κ2) is 5.04. The topological polar surface area (TPSA) is 20.2 Å². The van der Waals surface area contributed by atoms with E-state index in [0.717, 1.165) is 16.4 Å². The Morgan fingerprint density at radius 1 is 1.22 bits per heavy atom. The van der Waals surface area contributed by atoms with Crippen LogP contribution < -0.4 is 0 Å². The first-order valence-corrected chi connectivity index (χ1v) is 7.51. The number of benzene rings is 1. The normalized spacial score (nSPS) is 17.4. The van der Waals surface area contributed by atoms with E-state index in [9.17, 15) is 5.11 Å². The van der Waals surface area contributed by atoms with Gasteiger partial charge in [0, 0.05) is 10.3 Å². The van der Waals surface area contributed by atoms with Gasteiger partial charge in [0.05, 0.1) is 5.02 Å². The summed E-state index contributed by atoms with van der Waals surface area (Å²) >= 11 is 7.38. The van der Waals surface area contributed by atoms with Gasteiger partial charge < -0.3 is 5.11 Å². The molecule has 94 valence electrons.